The summed E-state index contributed by atoms with van der Waals surface area (Å²) < 4.78 is 29.3. The predicted octanol–water partition coefficient (Wildman–Crippen LogP) is 3.10. The van der Waals surface area contributed by atoms with Crippen molar-refractivity contribution in [3.8, 4) is 5.75 Å². The van der Waals surface area contributed by atoms with E-state index in [0.717, 1.165) is 25.3 Å². The van der Waals surface area contributed by atoms with Crippen LogP contribution < -0.4 is 15.4 Å². The van der Waals surface area contributed by atoms with E-state index in [9.17, 15) is 8.78 Å². The zero-order valence-corrected chi connectivity index (χ0v) is 13.8. The minimum absolute atomic E-state index is 0.166. The molecular formula is C15H23F2N3OS. The molecule has 0 fully saturated rings. The zero-order chi connectivity index (χ0) is 16.2. The fraction of sp³-hybridized carbons (Fsp3) is 0.533. The summed E-state index contributed by atoms with van der Waals surface area (Å²) in [5.41, 5.74) is 0.629. The third kappa shape index (κ3) is 7.49. The first kappa shape index (κ1) is 18.5. The van der Waals surface area contributed by atoms with Crippen LogP contribution in [0.25, 0.3) is 0 Å². The van der Waals surface area contributed by atoms with Crippen molar-refractivity contribution < 1.29 is 13.5 Å². The average Bonchev–Trinajstić information content (AvgIpc) is 2.49. The van der Waals surface area contributed by atoms with Crippen LogP contribution in [0.5, 0.6) is 5.75 Å². The van der Waals surface area contributed by atoms with Crippen LogP contribution in [0.3, 0.4) is 0 Å². The highest BCUT2D eigenvalue weighted by molar-refractivity contribution is 7.98. The quantitative estimate of drug-likeness (QED) is 0.415. The highest BCUT2D eigenvalue weighted by atomic mass is 32.2. The average molecular weight is 331 g/mol. The molecule has 1 rings (SSSR count). The van der Waals surface area contributed by atoms with Crippen LogP contribution >= 0.6 is 11.8 Å². The predicted molar refractivity (Wildman–Crippen MR) is 88.9 cm³/mol. The largest absolute Gasteiger partial charge is 0.434 e. The number of nitrogens with one attached hydrogen (secondary N) is 2. The number of ether oxygens (including phenoxy) is 1. The molecule has 0 aliphatic carbocycles. The number of halogens is 2. The molecule has 0 heterocycles. The van der Waals surface area contributed by atoms with Gasteiger partial charge in [-0.15, -0.1) is 0 Å². The Morgan fingerprint density at radius 3 is 2.77 bits per heavy atom. The van der Waals surface area contributed by atoms with Crippen molar-refractivity contribution in [3.05, 3.63) is 29.8 Å². The van der Waals surface area contributed by atoms with Gasteiger partial charge in [-0.2, -0.15) is 20.5 Å². The van der Waals surface area contributed by atoms with Crippen molar-refractivity contribution in [1.82, 2.24) is 10.6 Å². The van der Waals surface area contributed by atoms with E-state index >= 15 is 0 Å². The summed E-state index contributed by atoms with van der Waals surface area (Å²) in [5.74, 6) is 1.92. The summed E-state index contributed by atoms with van der Waals surface area (Å²) in [7, 11) is 0. The number of benzene rings is 1. The van der Waals surface area contributed by atoms with Gasteiger partial charge in [-0.05, 0) is 31.4 Å². The molecular weight excluding hydrogens is 308 g/mol. The smallest absolute Gasteiger partial charge is 0.387 e. The summed E-state index contributed by atoms with van der Waals surface area (Å²) in [6, 6.07) is 6.70. The number of alkyl halides is 2. The van der Waals surface area contributed by atoms with E-state index in [1.165, 1.54) is 6.07 Å². The summed E-state index contributed by atoms with van der Waals surface area (Å²) in [6.45, 7) is 0.988. The molecule has 4 nitrogen and oxygen atoms in total. The van der Waals surface area contributed by atoms with Gasteiger partial charge < -0.3 is 15.4 Å². The minimum Gasteiger partial charge on any atom is -0.434 e. The van der Waals surface area contributed by atoms with Crippen molar-refractivity contribution in [3.63, 3.8) is 0 Å². The number of hydrogen-bond donors (Lipinski definition) is 2. The van der Waals surface area contributed by atoms with E-state index in [1.807, 2.05) is 6.92 Å². The van der Waals surface area contributed by atoms with E-state index in [-0.39, 0.29) is 12.3 Å². The van der Waals surface area contributed by atoms with Gasteiger partial charge in [-0.25, -0.2) is 4.99 Å². The number of aliphatic imine (C=N–C) groups is 1. The molecule has 0 radical (unpaired) electrons. The topological polar surface area (TPSA) is 45.7 Å². The Balaban J connectivity index is 2.64. The second kappa shape index (κ2) is 11.1. The molecule has 0 spiro atoms. The third-order valence-corrected chi connectivity index (χ3v) is 3.46. The maximum atomic E-state index is 12.4. The van der Waals surface area contributed by atoms with Crippen LogP contribution in [0.15, 0.2) is 29.3 Å². The van der Waals surface area contributed by atoms with Gasteiger partial charge in [0.2, 0.25) is 0 Å². The summed E-state index contributed by atoms with van der Waals surface area (Å²) in [4.78, 5) is 4.41. The molecule has 0 aliphatic rings. The zero-order valence-electron chi connectivity index (χ0n) is 12.9. The Morgan fingerprint density at radius 1 is 1.32 bits per heavy atom. The van der Waals surface area contributed by atoms with Gasteiger partial charge in [-0.3, -0.25) is 0 Å². The second-order valence-corrected chi connectivity index (χ2v) is 5.44. The molecule has 0 unspecified atom stereocenters. The van der Waals surface area contributed by atoms with E-state index in [0.29, 0.717) is 11.5 Å². The van der Waals surface area contributed by atoms with Gasteiger partial charge in [-0.1, -0.05) is 18.2 Å². The Hall–Kier alpha value is -1.50. The van der Waals surface area contributed by atoms with Crippen molar-refractivity contribution in [2.75, 3.05) is 25.1 Å². The molecule has 1 aromatic carbocycles. The van der Waals surface area contributed by atoms with Crippen LogP contribution in [0, 0.1) is 0 Å². The molecule has 22 heavy (non-hydrogen) atoms. The summed E-state index contributed by atoms with van der Waals surface area (Å²) in [6.07, 6.45) is 3.11. The Kier molecular flexibility index (Phi) is 9.37. The first-order valence-corrected chi connectivity index (χ1v) is 8.60. The lowest BCUT2D eigenvalue weighted by atomic mass is 10.2. The summed E-state index contributed by atoms with van der Waals surface area (Å²) >= 11 is 1.80. The SMILES string of the molecule is CCNC(=NCc1ccccc1OC(F)F)NCCCSC. The lowest BCUT2D eigenvalue weighted by Crippen LogP contribution is -2.37. The van der Waals surface area contributed by atoms with Crippen LogP contribution in [0.1, 0.15) is 18.9 Å². The molecule has 0 aliphatic heterocycles. The summed E-state index contributed by atoms with van der Waals surface area (Å²) in [5, 5.41) is 6.36. The van der Waals surface area contributed by atoms with Gasteiger partial charge in [0.1, 0.15) is 5.75 Å². The molecule has 0 aromatic heterocycles. The monoisotopic (exact) mass is 331 g/mol. The minimum atomic E-state index is -2.83. The lowest BCUT2D eigenvalue weighted by Gasteiger charge is -2.12. The van der Waals surface area contributed by atoms with E-state index in [1.54, 1.807) is 30.0 Å². The number of rotatable bonds is 9. The second-order valence-electron chi connectivity index (χ2n) is 4.45. The highest BCUT2D eigenvalue weighted by Gasteiger charge is 2.08. The van der Waals surface area contributed by atoms with Crippen LogP contribution in [0.4, 0.5) is 8.78 Å². The van der Waals surface area contributed by atoms with Gasteiger partial charge in [0.25, 0.3) is 0 Å². The Labute approximate surface area is 134 Å². The number of para-hydroxylation sites is 1. The van der Waals surface area contributed by atoms with Gasteiger partial charge in [0.15, 0.2) is 5.96 Å². The number of nitrogens with zero attached hydrogens (tertiary/aromatic N) is 1. The molecule has 0 amide bonds. The van der Waals surface area contributed by atoms with Crippen molar-refractivity contribution >= 4 is 17.7 Å². The Morgan fingerprint density at radius 2 is 2.09 bits per heavy atom. The van der Waals surface area contributed by atoms with Crippen LogP contribution in [-0.4, -0.2) is 37.7 Å². The number of guanidine groups is 1. The molecule has 2 N–H and O–H groups in total. The van der Waals surface area contributed by atoms with E-state index < -0.39 is 6.61 Å². The fourth-order valence-electron chi connectivity index (χ4n) is 1.77. The molecule has 0 saturated heterocycles. The molecule has 1 aromatic rings. The molecule has 7 heteroatoms. The lowest BCUT2D eigenvalue weighted by molar-refractivity contribution is -0.0504. The van der Waals surface area contributed by atoms with Crippen LogP contribution in [0.2, 0.25) is 0 Å². The van der Waals surface area contributed by atoms with Crippen molar-refractivity contribution in [1.29, 1.82) is 0 Å². The number of thioether (sulfide) groups is 1. The van der Waals surface area contributed by atoms with E-state index in [4.69, 9.17) is 0 Å². The molecule has 0 saturated carbocycles. The van der Waals surface area contributed by atoms with Crippen molar-refractivity contribution in [2.24, 2.45) is 4.99 Å². The van der Waals surface area contributed by atoms with E-state index in [2.05, 4.69) is 26.6 Å². The maximum absolute atomic E-state index is 12.4. The molecule has 0 bridgehead atoms. The third-order valence-electron chi connectivity index (χ3n) is 2.76. The van der Waals surface area contributed by atoms with Crippen molar-refractivity contribution in [2.45, 2.75) is 26.5 Å². The standard InChI is InChI=1S/C15H23F2N3OS/c1-3-18-15(19-9-6-10-22-2)20-11-12-7-4-5-8-13(12)21-14(16)17/h4-5,7-8,14H,3,6,9-11H2,1-2H3,(H2,18,19,20). The normalized spacial score (nSPS) is 11.6. The molecule has 124 valence electrons. The number of hydrogen-bond acceptors (Lipinski definition) is 3. The van der Waals surface area contributed by atoms with Gasteiger partial charge in [0, 0.05) is 18.7 Å². The first-order chi connectivity index (χ1) is 10.7. The molecule has 0 atom stereocenters. The van der Waals surface area contributed by atoms with Gasteiger partial charge >= 0.3 is 6.61 Å². The van der Waals surface area contributed by atoms with Gasteiger partial charge in [0.05, 0.1) is 6.54 Å². The fourth-order valence-corrected chi connectivity index (χ4v) is 2.21. The highest BCUT2D eigenvalue weighted by Crippen LogP contribution is 2.20. The first-order valence-electron chi connectivity index (χ1n) is 7.21. The maximum Gasteiger partial charge on any atom is 0.387 e. The Bertz CT molecular complexity index is 458. The van der Waals surface area contributed by atoms with Crippen LogP contribution in [-0.2, 0) is 6.54 Å².